The first kappa shape index (κ1) is 17.0. The standard InChI is InChI=1S/C22H24N2O/c1-4-19-20(17-7-5-6-16(12-17)14(2)3)13-24-22(23)21(19)15-8-10-18(25)11-9-15/h5-14,25H,4H2,1-3H3,(H2,23,24). The number of aromatic hydroxyl groups is 1. The summed E-state index contributed by atoms with van der Waals surface area (Å²) in [6.07, 6.45) is 2.72. The van der Waals surface area contributed by atoms with Gasteiger partial charge in [0.25, 0.3) is 0 Å². The molecule has 1 aromatic heterocycles. The molecule has 0 aliphatic rings. The molecule has 3 aromatic rings. The molecule has 128 valence electrons. The van der Waals surface area contributed by atoms with Crippen LogP contribution in [0.1, 0.15) is 37.8 Å². The molecule has 0 radical (unpaired) electrons. The maximum atomic E-state index is 9.57. The predicted octanol–water partition coefficient (Wildman–Crippen LogP) is 5.39. The van der Waals surface area contributed by atoms with Gasteiger partial charge in [0, 0.05) is 17.3 Å². The van der Waals surface area contributed by atoms with Crippen LogP contribution < -0.4 is 5.73 Å². The third-order valence-corrected chi connectivity index (χ3v) is 4.59. The molecule has 3 heteroatoms. The normalized spacial score (nSPS) is 11.0. The number of aromatic nitrogens is 1. The number of anilines is 1. The van der Waals surface area contributed by atoms with Crippen LogP contribution in [0, 0.1) is 0 Å². The van der Waals surface area contributed by atoms with E-state index in [9.17, 15) is 5.11 Å². The molecule has 3 rings (SSSR count). The maximum Gasteiger partial charge on any atom is 0.131 e. The lowest BCUT2D eigenvalue weighted by Crippen LogP contribution is -2.01. The van der Waals surface area contributed by atoms with E-state index in [4.69, 9.17) is 5.73 Å². The van der Waals surface area contributed by atoms with Gasteiger partial charge in [0.2, 0.25) is 0 Å². The van der Waals surface area contributed by atoms with E-state index in [-0.39, 0.29) is 5.75 Å². The van der Waals surface area contributed by atoms with Crippen molar-refractivity contribution in [2.75, 3.05) is 5.73 Å². The topological polar surface area (TPSA) is 59.1 Å². The molecule has 0 unspecified atom stereocenters. The number of hydrogen-bond acceptors (Lipinski definition) is 3. The molecular weight excluding hydrogens is 308 g/mol. The molecule has 0 bridgehead atoms. The Morgan fingerprint density at radius 2 is 1.76 bits per heavy atom. The van der Waals surface area contributed by atoms with E-state index in [0.29, 0.717) is 11.7 Å². The van der Waals surface area contributed by atoms with Crippen LogP contribution >= 0.6 is 0 Å². The van der Waals surface area contributed by atoms with Gasteiger partial charge in [-0.05, 0) is 46.7 Å². The van der Waals surface area contributed by atoms with Crippen LogP contribution in [0.25, 0.3) is 22.3 Å². The minimum Gasteiger partial charge on any atom is -0.508 e. The molecule has 25 heavy (non-hydrogen) atoms. The van der Waals surface area contributed by atoms with Crippen LogP contribution in [-0.2, 0) is 6.42 Å². The highest BCUT2D eigenvalue weighted by Gasteiger charge is 2.15. The highest BCUT2D eigenvalue weighted by molar-refractivity contribution is 5.84. The van der Waals surface area contributed by atoms with Gasteiger partial charge in [-0.3, -0.25) is 0 Å². The van der Waals surface area contributed by atoms with Crippen molar-refractivity contribution < 1.29 is 5.11 Å². The molecule has 0 saturated heterocycles. The van der Waals surface area contributed by atoms with Gasteiger partial charge in [-0.2, -0.15) is 0 Å². The van der Waals surface area contributed by atoms with Crippen molar-refractivity contribution in [3.63, 3.8) is 0 Å². The van der Waals surface area contributed by atoms with Crippen molar-refractivity contribution in [3.8, 4) is 28.0 Å². The first-order valence-electron chi connectivity index (χ1n) is 8.68. The van der Waals surface area contributed by atoms with Gasteiger partial charge in [-0.15, -0.1) is 0 Å². The van der Waals surface area contributed by atoms with Crippen molar-refractivity contribution in [1.29, 1.82) is 0 Å². The van der Waals surface area contributed by atoms with Gasteiger partial charge in [0.05, 0.1) is 0 Å². The highest BCUT2D eigenvalue weighted by atomic mass is 16.3. The van der Waals surface area contributed by atoms with Crippen molar-refractivity contribution in [3.05, 3.63) is 65.9 Å². The van der Waals surface area contributed by atoms with Crippen LogP contribution in [0.15, 0.2) is 54.7 Å². The third kappa shape index (κ3) is 3.36. The summed E-state index contributed by atoms with van der Waals surface area (Å²) in [6, 6.07) is 15.7. The van der Waals surface area contributed by atoms with E-state index >= 15 is 0 Å². The van der Waals surface area contributed by atoms with E-state index in [1.807, 2.05) is 18.3 Å². The minimum atomic E-state index is 0.245. The lowest BCUT2D eigenvalue weighted by molar-refractivity contribution is 0.475. The quantitative estimate of drug-likeness (QED) is 0.673. The number of nitrogen functional groups attached to an aromatic ring is 1. The summed E-state index contributed by atoms with van der Waals surface area (Å²) in [6.45, 7) is 6.53. The van der Waals surface area contributed by atoms with Gasteiger partial charge in [0.1, 0.15) is 11.6 Å². The Hall–Kier alpha value is -2.81. The zero-order valence-electron chi connectivity index (χ0n) is 15.0. The summed E-state index contributed by atoms with van der Waals surface area (Å²) in [7, 11) is 0. The van der Waals surface area contributed by atoms with Gasteiger partial charge in [-0.25, -0.2) is 4.98 Å². The zero-order valence-corrected chi connectivity index (χ0v) is 15.0. The lowest BCUT2D eigenvalue weighted by atomic mass is 9.90. The lowest BCUT2D eigenvalue weighted by Gasteiger charge is -2.17. The Balaban J connectivity index is 2.21. The molecule has 3 N–H and O–H groups in total. The van der Waals surface area contributed by atoms with Crippen LogP contribution in [-0.4, -0.2) is 10.1 Å². The number of hydrogen-bond donors (Lipinski definition) is 2. The van der Waals surface area contributed by atoms with E-state index < -0.39 is 0 Å². The predicted molar refractivity (Wildman–Crippen MR) is 105 cm³/mol. The molecule has 2 aromatic carbocycles. The molecule has 1 heterocycles. The number of pyridine rings is 1. The second-order valence-electron chi connectivity index (χ2n) is 6.59. The molecule has 0 aliphatic heterocycles. The fourth-order valence-electron chi connectivity index (χ4n) is 3.20. The van der Waals surface area contributed by atoms with Crippen LogP contribution in [0.2, 0.25) is 0 Å². The van der Waals surface area contributed by atoms with Gasteiger partial charge in [-0.1, -0.05) is 57.2 Å². The first-order chi connectivity index (χ1) is 12.0. The molecule has 0 fully saturated rings. The summed E-state index contributed by atoms with van der Waals surface area (Å²) in [5, 5.41) is 9.57. The number of phenols is 1. The Bertz CT molecular complexity index is 883. The number of nitrogens with two attached hydrogens (primary N) is 1. The van der Waals surface area contributed by atoms with Crippen molar-refractivity contribution in [2.24, 2.45) is 0 Å². The summed E-state index contributed by atoms with van der Waals surface area (Å²) >= 11 is 0. The van der Waals surface area contributed by atoms with Gasteiger partial charge < -0.3 is 10.8 Å². The number of phenolic OH excluding ortho intramolecular Hbond substituents is 1. The van der Waals surface area contributed by atoms with Crippen molar-refractivity contribution in [1.82, 2.24) is 4.98 Å². The molecule has 3 nitrogen and oxygen atoms in total. The summed E-state index contributed by atoms with van der Waals surface area (Å²) in [5.41, 5.74) is 12.9. The SMILES string of the molecule is CCc1c(-c2cccc(C(C)C)c2)cnc(N)c1-c1ccc(O)cc1. The Morgan fingerprint density at radius 1 is 1.04 bits per heavy atom. The highest BCUT2D eigenvalue weighted by Crippen LogP contribution is 2.36. The second-order valence-corrected chi connectivity index (χ2v) is 6.59. The fourth-order valence-corrected chi connectivity index (χ4v) is 3.20. The average Bonchev–Trinajstić information content (AvgIpc) is 2.62. The fraction of sp³-hybridized carbons (Fsp3) is 0.227. The molecule has 0 atom stereocenters. The number of nitrogens with zero attached hydrogens (tertiary/aromatic N) is 1. The Labute approximate surface area is 149 Å². The molecule has 0 spiro atoms. The van der Waals surface area contributed by atoms with E-state index in [1.165, 1.54) is 11.1 Å². The Morgan fingerprint density at radius 3 is 2.40 bits per heavy atom. The Kier molecular flexibility index (Phi) is 4.75. The van der Waals surface area contributed by atoms with Crippen molar-refractivity contribution >= 4 is 5.82 Å². The first-order valence-corrected chi connectivity index (χ1v) is 8.68. The summed E-state index contributed by atoms with van der Waals surface area (Å²) in [4.78, 5) is 4.45. The molecular formula is C22H24N2O. The van der Waals surface area contributed by atoms with E-state index in [0.717, 1.165) is 28.7 Å². The monoisotopic (exact) mass is 332 g/mol. The van der Waals surface area contributed by atoms with Crippen molar-refractivity contribution in [2.45, 2.75) is 33.1 Å². The van der Waals surface area contributed by atoms with Crippen LogP contribution in [0.4, 0.5) is 5.82 Å². The molecule has 0 aliphatic carbocycles. The maximum absolute atomic E-state index is 9.57. The number of benzene rings is 2. The molecule has 0 amide bonds. The van der Waals surface area contributed by atoms with Crippen LogP contribution in [0.3, 0.4) is 0 Å². The third-order valence-electron chi connectivity index (χ3n) is 4.59. The van der Waals surface area contributed by atoms with E-state index in [2.05, 4.69) is 50.0 Å². The van der Waals surface area contributed by atoms with Gasteiger partial charge >= 0.3 is 0 Å². The summed E-state index contributed by atoms with van der Waals surface area (Å²) in [5.74, 6) is 1.24. The average molecular weight is 332 g/mol. The summed E-state index contributed by atoms with van der Waals surface area (Å²) < 4.78 is 0. The van der Waals surface area contributed by atoms with Gasteiger partial charge in [0.15, 0.2) is 0 Å². The molecule has 0 saturated carbocycles. The minimum absolute atomic E-state index is 0.245. The second kappa shape index (κ2) is 6.98. The number of rotatable bonds is 4. The zero-order chi connectivity index (χ0) is 18.0. The van der Waals surface area contributed by atoms with E-state index in [1.54, 1.807) is 12.1 Å². The van der Waals surface area contributed by atoms with Crippen LogP contribution in [0.5, 0.6) is 5.75 Å². The largest absolute Gasteiger partial charge is 0.508 e. The smallest absolute Gasteiger partial charge is 0.131 e.